The number of halogens is 2. The van der Waals surface area contributed by atoms with Crippen LogP contribution in [-0.2, 0) is 20.9 Å². The molecular formula is C27H26BrClN4O5. The Balaban J connectivity index is 1.54. The predicted molar refractivity (Wildman–Crippen MR) is 150 cm³/mol. The number of hydrazone groups is 1. The number of amides is 3. The van der Waals surface area contributed by atoms with E-state index in [1.54, 1.807) is 30.3 Å². The number of benzene rings is 3. The summed E-state index contributed by atoms with van der Waals surface area (Å²) in [5, 5.41) is 9.63. The zero-order valence-electron chi connectivity index (χ0n) is 20.9. The maximum absolute atomic E-state index is 12.3. The van der Waals surface area contributed by atoms with Gasteiger partial charge in [0.25, 0.3) is 5.91 Å². The van der Waals surface area contributed by atoms with Gasteiger partial charge in [0, 0.05) is 17.3 Å². The number of ether oxygens (including phenoxy) is 2. The number of carbonyl (C=O) groups excluding carboxylic acids is 3. The fourth-order valence-electron chi connectivity index (χ4n) is 3.14. The average Bonchev–Trinajstić information content (AvgIpc) is 2.89. The molecule has 198 valence electrons. The van der Waals surface area contributed by atoms with Crippen molar-refractivity contribution >= 4 is 57.2 Å². The van der Waals surface area contributed by atoms with Crippen LogP contribution in [0, 0.1) is 13.8 Å². The molecule has 0 aromatic heterocycles. The first kappa shape index (κ1) is 28.7. The fourth-order valence-corrected chi connectivity index (χ4v) is 3.90. The minimum Gasteiger partial charge on any atom is -0.493 e. The van der Waals surface area contributed by atoms with Crippen molar-refractivity contribution < 1.29 is 23.9 Å². The van der Waals surface area contributed by atoms with E-state index in [0.29, 0.717) is 32.2 Å². The fraction of sp³-hybridized carbons (Fsp3) is 0.185. The molecule has 3 aromatic carbocycles. The Morgan fingerprint density at radius 3 is 2.45 bits per heavy atom. The Labute approximate surface area is 233 Å². The first-order valence-electron chi connectivity index (χ1n) is 11.4. The molecule has 9 nitrogen and oxygen atoms in total. The van der Waals surface area contributed by atoms with Gasteiger partial charge < -0.3 is 20.1 Å². The van der Waals surface area contributed by atoms with E-state index < -0.39 is 11.8 Å². The van der Waals surface area contributed by atoms with E-state index >= 15 is 0 Å². The molecule has 38 heavy (non-hydrogen) atoms. The summed E-state index contributed by atoms with van der Waals surface area (Å²) in [7, 11) is 1.45. The SMILES string of the molecule is COc1cc(/C=N\NC(=O)C(=O)NCc2ccc(C)cc2)cc(Br)c1OCC(=O)Nc1ccc(C)c(Cl)c1. The van der Waals surface area contributed by atoms with Crippen molar-refractivity contribution in [1.82, 2.24) is 10.7 Å². The minimum absolute atomic E-state index is 0.221. The van der Waals surface area contributed by atoms with Gasteiger partial charge in [-0.15, -0.1) is 0 Å². The van der Waals surface area contributed by atoms with E-state index in [4.69, 9.17) is 21.1 Å². The molecule has 11 heteroatoms. The van der Waals surface area contributed by atoms with Crippen molar-refractivity contribution in [2.45, 2.75) is 20.4 Å². The van der Waals surface area contributed by atoms with Crippen molar-refractivity contribution in [3.63, 3.8) is 0 Å². The van der Waals surface area contributed by atoms with Gasteiger partial charge in [0.15, 0.2) is 18.1 Å². The van der Waals surface area contributed by atoms with E-state index in [1.165, 1.54) is 13.3 Å². The molecule has 3 aromatic rings. The molecule has 0 saturated carbocycles. The zero-order valence-corrected chi connectivity index (χ0v) is 23.3. The molecule has 0 aliphatic rings. The van der Waals surface area contributed by atoms with Crippen molar-refractivity contribution in [2.24, 2.45) is 5.10 Å². The van der Waals surface area contributed by atoms with Crippen molar-refractivity contribution in [1.29, 1.82) is 0 Å². The molecule has 0 atom stereocenters. The highest BCUT2D eigenvalue weighted by Crippen LogP contribution is 2.36. The quantitative estimate of drug-likeness (QED) is 0.190. The normalized spacial score (nSPS) is 10.7. The molecule has 0 heterocycles. The number of nitrogens with one attached hydrogen (secondary N) is 3. The monoisotopic (exact) mass is 600 g/mol. The summed E-state index contributed by atoms with van der Waals surface area (Å²) in [6.07, 6.45) is 1.34. The largest absolute Gasteiger partial charge is 0.493 e. The molecule has 3 rings (SSSR count). The standard InChI is InChI=1S/C27H26BrClN4O5/c1-16-4-7-18(8-5-16)13-30-26(35)27(36)33-31-14-19-10-21(28)25(23(11-19)37-3)38-15-24(34)32-20-9-6-17(2)22(29)12-20/h4-12,14H,13,15H2,1-3H3,(H,30,35)(H,32,34)(H,33,36)/b31-14-. The third kappa shape index (κ3) is 8.32. The Kier molecular flexibility index (Phi) is 10.3. The third-order valence-electron chi connectivity index (χ3n) is 5.21. The summed E-state index contributed by atoms with van der Waals surface area (Å²) in [4.78, 5) is 36.4. The Hall–Kier alpha value is -3.89. The second kappa shape index (κ2) is 13.6. The van der Waals surface area contributed by atoms with Crippen LogP contribution in [-0.4, -0.2) is 37.7 Å². The lowest BCUT2D eigenvalue weighted by atomic mass is 10.1. The van der Waals surface area contributed by atoms with Gasteiger partial charge in [0.05, 0.1) is 17.8 Å². The number of methoxy groups -OCH3 is 1. The van der Waals surface area contributed by atoms with Crippen LogP contribution in [0.1, 0.15) is 22.3 Å². The topological polar surface area (TPSA) is 118 Å². The van der Waals surface area contributed by atoms with Crippen LogP contribution in [0.5, 0.6) is 11.5 Å². The summed E-state index contributed by atoms with van der Waals surface area (Å²) in [6, 6.07) is 16.1. The lowest BCUT2D eigenvalue weighted by Gasteiger charge is -2.13. The summed E-state index contributed by atoms with van der Waals surface area (Å²) < 4.78 is 11.5. The highest BCUT2D eigenvalue weighted by molar-refractivity contribution is 9.10. The third-order valence-corrected chi connectivity index (χ3v) is 6.21. The molecular weight excluding hydrogens is 576 g/mol. The number of nitrogens with zero attached hydrogens (tertiary/aromatic N) is 1. The van der Waals surface area contributed by atoms with Gasteiger partial charge in [0.2, 0.25) is 0 Å². The molecule has 0 fully saturated rings. The van der Waals surface area contributed by atoms with Crippen LogP contribution in [0.2, 0.25) is 5.02 Å². The van der Waals surface area contributed by atoms with Crippen LogP contribution >= 0.6 is 27.5 Å². The van der Waals surface area contributed by atoms with E-state index in [0.717, 1.165) is 16.7 Å². The summed E-state index contributed by atoms with van der Waals surface area (Å²) in [5.74, 6) is -1.46. The molecule has 0 aliphatic heterocycles. The Morgan fingerprint density at radius 1 is 1.03 bits per heavy atom. The van der Waals surface area contributed by atoms with E-state index in [-0.39, 0.29) is 19.1 Å². The highest BCUT2D eigenvalue weighted by atomic mass is 79.9. The van der Waals surface area contributed by atoms with Crippen LogP contribution in [0.3, 0.4) is 0 Å². The number of anilines is 1. The van der Waals surface area contributed by atoms with Crippen LogP contribution in [0.15, 0.2) is 64.2 Å². The Bertz CT molecular complexity index is 1360. The van der Waals surface area contributed by atoms with Gasteiger partial charge in [-0.2, -0.15) is 5.10 Å². The number of hydrogen-bond donors (Lipinski definition) is 3. The second-order valence-corrected chi connectivity index (χ2v) is 9.46. The first-order chi connectivity index (χ1) is 18.2. The number of aryl methyl sites for hydroxylation is 2. The molecule has 0 spiro atoms. The molecule has 0 radical (unpaired) electrons. The molecule has 0 unspecified atom stereocenters. The predicted octanol–water partition coefficient (Wildman–Crippen LogP) is 4.51. The van der Waals surface area contributed by atoms with Crippen LogP contribution in [0.25, 0.3) is 0 Å². The highest BCUT2D eigenvalue weighted by Gasteiger charge is 2.15. The summed E-state index contributed by atoms with van der Waals surface area (Å²) in [6.45, 7) is 3.78. The van der Waals surface area contributed by atoms with Gasteiger partial charge in [-0.25, -0.2) is 5.43 Å². The number of carbonyl (C=O) groups is 3. The average molecular weight is 602 g/mol. The van der Waals surface area contributed by atoms with E-state index in [9.17, 15) is 14.4 Å². The van der Waals surface area contributed by atoms with Gasteiger partial charge in [-0.1, -0.05) is 47.5 Å². The second-order valence-electron chi connectivity index (χ2n) is 8.20. The molecule has 3 amide bonds. The molecule has 0 saturated heterocycles. The number of rotatable bonds is 9. The minimum atomic E-state index is -0.903. The lowest BCUT2D eigenvalue weighted by molar-refractivity contribution is -0.139. The van der Waals surface area contributed by atoms with Gasteiger partial charge in [-0.3, -0.25) is 14.4 Å². The lowest BCUT2D eigenvalue weighted by Crippen LogP contribution is -2.37. The first-order valence-corrected chi connectivity index (χ1v) is 12.6. The zero-order chi connectivity index (χ0) is 27.7. The molecule has 0 aliphatic carbocycles. The van der Waals surface area contributed by atoms with E-state index in [2.05, 4.69) is 37.1 Å². The number of hydrogen-bond acceptors (Lipinski definition) is 6. The van der Waals surface area contributed by atoms with Gasteiger partial charge >= 0.3 is 11.8 Å². The van der Waals surface area contributed by atoms with Crippen LogP contribution in [0.4, 0.5) is 5.69 Å². The summed E-state index contributed by atoms with van der Waals surface area (Å²) >= 11 is 9.49. The van der Waals surface area contributed by atoms with Gasteiger partial charge in [-0.05, 0) is 70.7 Å². The van der Waals surface area contributed by atoms with E-state index in [1.807, 2.05) is 38.1 Å². The maximum atomic E-state index is 12.3. The Morgan fingerprint density at radius 2 is 1.76 bits per heavy atom. The molecule has 0 bridgehead atoms. The molecule has 3 N–H and O–H groups in total. The van der Waals surface area contributed by atoms with Crippen LogP contribution < -0.4 is 25.5 Å². The smallest absolute Gasteiger partial charge is 0.329 e. The summed E-state index contributed by atoms with van der Waals surface area (Å²) in [5.41, 5.74) is 6.16. The van der Waals surface area contributed by atoms with Gasteiger partial charge in [0.1, 0.15) is 0 Å². The van der Waals surface area contributed by atoms with Crippen molar-refractivity contribution in [3.8, 4) is 11.5 Å². The van der Waals surface area contributed by atoms with Crippen molar-refractivity contribution in [2.75, 3.05) is 19.0 Å². The maximum Gasteiger partial charge on any atom is 0.329 e. The van der Waals surface area contributed by atoms with Crippen molar-refractivity contribution in [3.05, 3.63) is 86.3 Å².